The van der Waals surface area contributed by atoms with Gasteiger partial charge in [0.15, 0.2) is 0 Å². The van der Waals surface area contributed by atoms with Crippen molar-refractivity contribution in [2.24, 2.45) is 11.1 Å². The minimum atomic E-state index is -0.0772. The Hall–Kier alpha value is -1.47. The monoisotopic (exact) mass is 239 g/mol. The van der Waals surface area contributed by atoms with Crippen molar-refractivity contribution < 1.29 is 9.53 Å². The summed E-state index contributed by atoms with van der Waals surface area (Å²) in [6.45, 7) is 4.62. The molecular weight excluding hydrogens is 222 g/mol. The Kier molecular flexibility index (Phi) is 3.39. The van der Waals surface area contributed by atoms with Crippen molar-refractivity contribution in [3.63, 3.8) is 0 Å². The maximum absolute atomic E-state index is 11.6. The summed E-state index contributed by atoms with van der Waals surface area (Å²) in [5.74, 6) is -0.0772. The fraction of sp³-hybridized carbons (Fsp3) is 0.700. The van der Waals surface area contributed by atoms with Crippen molar-refractivity contribution >= 4 is 5.91 Å². The first-order valence-corrected chi connectivity index (χ1v) is 5.55. The highest BCUT2D eigenvalue weighted by atomic mass is 16.5. The lowest BCUT2D eigenvalue weighted by molar-refractivity contribution is -0.127. The number of amides is 1. The van der Waals surface area contributed by atoms with Crippen LogP contribution in [-0.2, 0) is 22.6 Å². The van der Waals surface area contributed by atoms with Gasteiger partial charge in [0.2, 0.25) is 5.91 Å². The lowest BCUT2D eigenvalue weighted by Crippen LogP contribution is -2.49. The van der Waals surface area contributed by atoms with Crippen LogP contribution in [0.15, 0.2) is 6.20 Å². The molecule has 3 N–H and O–H groups in total. The molecule has 1 aromatic heterocycles. The van der Waals surface area contributed by atoms with Crippen molar-refractivity contribution in [2.45, 2.75) is 20.0 Å². The summed E-state index contributed by atoms with van der Waals surface area (Å²) >= 11 is 0. The summed E-state index contributed by atoms with van der Waals surface area (Å²) in [7, 11) is 0. The molecule has 1 saturated heterocycles. The summed E-state index contributed by atoms with van der Waals surface area (Å²) in [6.07, 6.45) is 1.67. The fourth-order valence-electron chi connectivity index (χ4n) is 1.58. The summed E-state index contributed by atoms with van der Waals surface area (Å²) in [4.78, 5) is 11.6. The van der Waals surface area contributed by atoms with E-state index in [0.29, 0.717) is 32.0 Å². The molecule has 1 aliphatic rings. The number of hydrogen-bond donors (Lipinski definition) is 2. The van der Waals surface area contributed by atoms with E-state index < -0.39 is 0 Å². The molecule has 1 amide bonds. The molecule has 0 saturated carbocycles. The second-order valence-corrected chi connectivity index (χ2v) is 4.69. The SMILES string of the molecule is CC1(CNC(=O)Cn2cc(CN)nn2)COC1. The van der Waals surface area contributed by atoms with E-state index in [0.717, 1.165) is 0 Å². The number of carbonyl (C=O) groups excluding carboxylic acids is 1. The molecule has 0 radical (unpaired) electrons. The van der Waals surface area contributed by atoms with Crippen LogP contribution < -0.4 is 11.1 Å². The fourth-order valence-corrected chi connectivity index (χ4v) is 1.58. The number of hydrogen-bond acceptors (Lipinski definition) is 5. The van der Waals surface area contributed by atoms with Gasteiger partial charge in [0, 0.05) is 18.5 Å². The number of nitrogens with one attached hydrogen (secondary N) is 1. The van der Waals surface area contributed by atoms with Crippen LogP contribution in [0, 0.1) is 5.41 Å². The second kappa shape index (κ2) is 4.80. The number of aromatic nitrogens is 3. The van der Waals surface area contributed by atoms with Gasteiger partial charge >= 0.3 is 0 Å². The Labute approximate surface area is 99.3 Å². The molecule has 94 valence electrons. The van der Waals surface area contributed by atoms with Crippen LogP contribution in [0.1, 0.15) is 12.6 Å². The van der Waals surface area contributed by atoms with Crippen LogP contribution in [0.4, 0.5) is 0 Å². The first-order chi connectivity index (χ1) is 8.11. The zero-order valence-electron chi connectivity index (χ0n) is 9.85. The van der Waals surface area contributed by atoms with Crippen LogP contribution >= 0.6 is 0 Å². The maximum Gasteiger partial charge on any atom is 0.241 e. The van der Waals surface area contributed by atoms with E-state index in [4.69, 9.17) is 10.5 Å². The van der Waals surface area contributed by atoms with Gasteiger partial charge in [0.25, 0.3) is 0 Å². The number of ether oxygens (including phenoxy) is 1. The normalized spacial score (nSPS) is 17.5. The molecule has 0 atom stereocenters. The number of carbonyl (C=O) groups is 1. The molecule has 0 unspecified atom stereocenters. The van der Waals surface area contributed by atoms with Gasteiger partial charge in [-0.05, 0) is 0 Å². The Morgan fingerprint density at radius 1 is 1.71 bits per heavy atom. The van der Waals surface area contributed by atoms with E-state index >= 15 is 0 Å². The van der Waals surface area contributed by atoms with E-state index in [1.807, 2.05) is 0 Å². The highest BCUT2D eigenvalue weighted by molar-refractivity contribution is 5.75. The Morgan fingerprint density at radius 2 is 2.47 bits per heavy atom. The topological polar surface area (TPSA) is 95.1 Å². The van der Waals surface area contributed by atoms with Crippen LogP contribution in [-0.4, -0.2) is 40.7 Å². The van der Waals surface area contributed by atoms with Crippen LogP contribution in [0.2, 0.25) is 0 Å². The van der Waals surface area contributed by atoms with E-state index in [-0.39, 0.29) is 17.9 Å². The third kappa shape index (κ3) is 3.01. The molecule has 0 aliphatic carbocycles. The Morgan fingerprint density at radius 3 is 3.00 bits per heavy atom. The molecule has 0 bridgehead atoms. The molecule has 7 heteroatoms. The molecule has 1 fully saturated rings. The molecule has 0 aromatic carbocycles. The average molecular weight is 239 g/mol. The van der Waals surface area contributed by atoms with Gasteiger partial charge in [-0.25, -0.2) is 4.68 Å². The molecule has 0 spiro atoms. The van der Waals surface area contributed by atoms with Crippen molar-refractivity contribution in [3.8, 4) is 0 Å². The molecule has 1 aromatic rings. The molecule has 7 nitrogen and oxygen atoms in total. The van der Waals surface area contributed by atoms with Crippen molar-refractivity contribution in [1.82, 2.24) is 20.3 Å². The van der Waals surface area contributed by atoms with Crippen LogP contribution in [0.25, 0.3) is 0 Å². The van der Waals surface area contributed by atoms with E-state index in [9.17, 15) is 4.79 Å². The van der Waals surface area contributed by atoms with Gasteiger partial charge in [-0.1, -0.05) is 12.1 Å². The van der Waals surface area contributed by atoms with Gasteiger partial charge in [0.1, 0.15) is 6.54 Å². The summed E-state index contributed by atoms with van der Waals surface area (Å²) in [5.41, 5.74) is 6.17. The molecule has 17 heavy (non-hydrogen) atoms. The van der Waals surface area contributed by atoms with Gasteiger partial charge < -0.3 is 15.8 Å². The number of rotatable bonds is 5. The van der Waals surface area contributed by atoms with Crippen molar-refractivity contribution in [3.05, 3.63) is 11.9 Å². The standard InChI is InChI=1S/C10H17N5O2/c1-10(6-17-7-10)5-12-9(16)4-15-3-8(2-11)13-14-15/h3H,2,4-7,11H2,1H3,(H,12,16). The third-order valence-corrected chi connectivity index (χ3v) is 2.71. The maximum atomic E-state index is 11.6. The van der Waals surface area contributed by atoms with E-state index in [1.54, 1.807) is 6.20 Å². The first-order valence-electron chi connectivity index (χ1n) is 5.55. The highest BCUT2D eigenvalue weighted by Gasteiger charge is 2.33. The van der Waals surface area contributed by atoms with E-state index in [2.05, 4.69) is 22.6 Å². The Balaban J connectivity index is 1.76. The zero-order chi connectivity index (χ0) is 12.3. The predicted octanol–water partition coefficient (Wildman–Crippen LogP) is -1.11. The van der Waals surface area contributed by atoms with Gasteiger partial charge in [-0.15, -0.1) is 5.10 Å². The van der Waals surface area contributed by atoms with Crippen LogP contribution in [0.3, 0.4) is 0 Å². The first kappa shape index (κ1) is 12.0. The largest absolute Gasteiger partial charge is 0.380 e. The lowest BCUT2D eigenvalue weighted by atomic mass is 9.89. The Bertz CT molecular complexity index is 399. The van der Waals surface area contributed by atoms with Gasteiger partial charge in [-0.2, -0.15) is 0 Å². The molecule has 2 rings (SSSR count). The number of nitrogens with zero attached hydrogens (tertiary/aromatic N) is 3. The quantitative estimate of drug-likeness (QED) is 0.679. The second-order valence-electron chi connectivity index (χ2n) is 4.69. The van der Waals surface area contributed by atoms with Crippen LogP contribution in [0.5, 0.6) is 0 Å². The smallest absolute Gasteiger partial charge is 0.241 e. The van der Waals surface area contributed by atoms with Crippen molar-refractivity contribution in [2.75, 3.05) is 19.8 Å². The highest BCUT2D eigenvalue weighted by Crippen LogP contribution is 2.24. The predicted molar refractivity (Wildman–Crippen MR) is 59.8 cm³/mol. The summed E-state index contributed by atoms with van der Waals surface area (Å²) in [6, 6.07) is 0. The minimum absolute atomic E-state index is 0.0772. The number of nitrogens with two attached hydrogens (primary N) is 1. The van der Waals surface area contributed by atoms with Gasteiger partial charge in [0.05, 0.1) is 25.1 Å². The summed E-state index contributed by atoms with van der Waals surface area (Å²) in [5, 5.41) is 10.5. The average Bonchev–Trinajstić information content (AvgIpc) is 2.71. The zero-order valence-corrected chi connectivity index (χ0v) is 9.85. The van der Waals surface area contributed by atoms with Crippen molar-refractivity contribution in [1.29, 1.82) is 0 Å². The van der Waals surface area contributed by atoms with Gasteiger partial charge in [-0.3, -0.25) is 4.79 Å². The molecule has 1 aliphatic heterocycles. The molecule has 2 heterocycles. The summed E-state index contributed by atoms with van der Waals surface area (Å²) < 4.78 is 6.60. The minimum Gasteiger partial charge on any atom is -0.380 e. The molecular formula is C10H17N5O2. The van der Waals surface area contributed by atoms with E-state index in [1.165, 1.54) is 4.68 Å². The lowest BCUT2D eigenvalue weighted by Gasteiger charge is -2.37. The third-order valence-electron chi connectivity index (χ3n) is 2.71.